The Kier molecular flexibility index (Phi) is 4.53. The molecule has 4 nitrogen and oxygen atoms in total. The topological polar surface area (TPSA) is 63.2 Å². The van der Waals surface area contributed by atoms with Crippen LogP contribution in [-0.2, 0) is 9.84 Å². The Morgan fingerprint density at radius 1 is 1.18 bits per heavy atom. The first-order valence-electron chi connectivity index (χ1n) is 6.25. The van der Waals surface area contributed by atoms with Gasteiger partial charge < -0.3 is 5.32 Å². The van der Waals surface area contributed by atoms with E-state index in [1.54, 1.807) is 6.92 Å². The Balaban J connectivity index is 2.35. The summed E-state index contributed by atoms with van der Waals surface area (Å²) in [7, 11) is -3.45. The van der Waals surface area contributed by atoms with Crippen molar-refractivity contribution in [3.63, 3.8) is 0 Å². The molecule has 1 N–H and O–H groups in total. The summed E-state index contributed by atoms with van der Waals surface area (Å²) in [4.78, 5) is 12.2. The number of aryl methyl sites for hydroxylation is 1. The molecule has 0 aliphatic rings. The highest BCUT2D eigenvalue weighted by atomic mass is 35.5. The number of hydrogen-bond acceptors (Lipinski definition) is 3. The van der Waals surface area contributed by atoms with Crippen molar-refractivity contribution in [1.29, 1.82) is 0 Å². The van der Waals surface area contributed by atoms with Gasteiger partial charge in [0.2, 0.25) is 0 Å². The summed E-state index contributed by atoms with van der Waals surface area (Å²) >= 11 is 5.95. The number of carbonyl (C=O) groups is 1. The summed E-state index contributed by atoms with van der Waals surface area (Å²) < 4.78 is 36.3. The number of sulfone groups is 1. The Bertz CT molecular complexity index is 850. The van der Waals surface area contributed by atoms with Crippen LogP contribution in [-0.4, -0.2) is 20.6 Å². The molecule has 1 amide bonds. The first kappa shape index (κ1) is 16.5. The molecule has 0 spiro atoms. The maximum Gasteiger partial charge on any atom is 0.257 e. The molecule has 0 radical (unpaired) electrons. The second kappa shape index (κ2) is 6.06. The number of anilines is 1. The minimum absolute atomic E-state index is 0.00247. The fourth-order valence-corrected chi connectivity index (χ4v) is 2.68. The fraction of sp³-hybridized carbons (Fsp3) is 0.133. The van der Waals surface area contributed by atoms with Gasteiger partial charge in [0.15, 0.2) is 9.84 Å². The largest absolute Gasteiger partial charge is 0.322 e. The van der Waals surface area contributed by atoms with Gasteiger partial charge in [-0.2, -0.15) is 0 Å². The van der Waals surface area contributed by atoms with Crippen LogP contribution in [0.2, 0.25) is 5.02 Å². The van der Waals surface area contributed by atoms with Crippen molar-refractivity contribution >= 4 is 33.0 Å². The Hall–Kier alpha value is -1.92. The molecule has 2 aromatic rings. The van der Waals surface area contributed by atoms with Gasteiger partial charge in [0.1, 0.15) is 5.82 Å². The van der Waals surface area contributed by atoms with Crippen molar-refractivity contribution in [3.05, 3.63) is 58.4 Å². The number of amides is 1. The molecule has 22 heavy (non-hydrogen) atoms. The standard InChI is InChI=1S/C15H13ClFNO3S/c1-9-7-10(3-6-14(9)17)18-15(19)12-8-11(22(2,20)21)4-5-13(12)16/h3-8H,1-2H3,(H,18,19). The fourth-order valence-electron chi connectivity index (χ4n) is 1.83. The molecule has 0 aliphatic heterocycles. The lowest BCUT2D eigenvalue weighted by Gasteiger charge is -2.09. The van der Waals surface area contributed by atoms with Gasteiger partial charge in [-0.3, -0.25) is 4.79 Å². The summed E-state index contributed by atoms with van der Waals surface area (Å²) in [5, 5.41) is 2.69. The van der Waals surface area contributed by atoms with Crippen LogP contribution in [0.15, 0.2) is 41.3 Å². The average Bonchev–Trinajstić information content (AvgIpc) is 2.42. The molecule has 0 bridgehead atoms. The van der Waals surface area contributed by atoms with Gasteiger partial charge in [0, 0.05) is 11.9 Å². The van der Waals surface area contributed by atoms with Crippen molar-refractivity contribution in [1.82, 2.24) is 0 Å². The van der Waals surface area contributed by atoms with Crippen molar-refractivity contribution in [2.45, 2.75) is 11.8 Å². The maximum atomic E-state index is 13.2. The average molecular weight is 342 g/mol. The summed E-state index contributed by atoms with van der Waals surface area (Å²) in [5.74, 6) is -0.948. The highest BCUT2D eigenvalue weighted by Crippen LogP contribution is 2.22. The van der Waals surface area contributed by atoms with Crippen molar-refractivity contribution in [2.24, 2.45) is 0 Å². The molecule has 0 saturated carbocycles. The van der Waals surface area contributed by atoms with Gasteiger partial charge in [0.25, 0.3) is 5.91 Å². The van der Waals surface area contributed by atoms with Gasteiger partial charge >= 0.3 is 0 Å². The third-order valence-corrected chi connectivity index (χ3v) is 4.47. The van der Waals surface area contributed by atoms with Gasteiger partial charge in [-0.25, -0.2) is 12.8 Å². The van der Waals surface area contributed by atoms with Crippen LogP contribution in [0.1, 0.15) is 15.9 Å². The lowest BCUT2D eigenvalue weighted by Crippen LogP contribution is -2.13. The van der Waals surface area contributed by atoms with E-state index in [-0.39, 0.29) is 21.3 Å². The van der Waals surface area contributed by atoms with E-state index < -0.39 is 15.7 Å². The third-order valence-electron chi connectivity index (χ3n) is 3.03. The molecular formula is C15H13ClFNO3S. The summed E-state index contributed by atoms with van der Waals surface area (Å²) in [6.45, 7) is 1.57. The highest BCUT2D eigenvalue weighted by molar-refractivity contribution is 7.90. The van der Waals surface area contributed by atoms with Gasteiger partial charge in [-0.05, 0) is 48.9 Å². The molecule has 0 unspecified atom stereocenters. The molecule has 0 aromatic heterocycles. The van der Waals surface area contributed by atoms with Crippen LogP contribution >= 0.6 is 11.6 Å². The molecule has 2 rings (SSSR count). The molecule has 2 aromatic carbocycles. The molecule has 0 aliphatic carbocycles. The van der Waals surface area contributed by atoms with Crippen LogP contribution in [0, 0.1) is 12.7 Å². The zero-order valence-corrected chi connectivity index (χ0v) is 13.4. The van der Waals surface area contributed by atoms with E-state index in [1.165, 1.54) is 36.4 Å². The zero-order chi connectivity index (χ0) is 16.5. The number of rotatable bonds is 3. The first-order chi connectivity index (χ1) is 10.2. The molecular weight excluding hydrogens is 329 g/mol. The van der Waals surface area contributed by atoms with E-state index >= 15 is 0 Å². The number of nitrogens with one attached hydrogen (secondary N) is 1. The maximum absolute atomic E-state index is 13.2. The SMILES string of the molecule is Cc1cc(NC(=O)c2cc(S(C)(=O)=O)ccc2Cl)ccc1F. The Labute approximate surface area is 132 Å². The molecule has 0 atom stereocenters. The minimum Gasteiger partial charge on any atom is -0.322 e. The van der Waals surface area contributed by atoms with Gasteiger partial charge in [0.05, 0.1) is 15.5 Å². The minimum atomic E-state index is -3.45. The normalized spacial score (nSPS) is 11.3. The van der Waals surface area contributed by atoms with Crippen molar-refractivity contribution in [3.8, 4) is 0 Å². The zero-order valence-electron chi connectivity index (χ0n) is 11.9. The van der Waals surface area contributed by atoms with Crippen molar-refractivity contribution < 1.29 is 17.6 Å². The van der Waals surface area contributed by atoms with E-state index in [2.05, 4.69) is 5.32 Å². The van der Waals surface area contributed by atoms with Gasteiger partial charge in [-0.1, -0.05) is 11.6 Å². The lowest BCUT2D eigenvalue weighted by atomic mass is 10.2. The van der Waals surface area contributed by atoms with E-state index in [0.717, 1.165) is 6.26 Å². The quantitative estimate of drug-likeness (QED) is 0.930. The second-order valence-corrected chi connectivity index (χ2v) is 7.25. The molecule has 0 saturated heterocycles. The van der Waals surface area contributed by atoms with E-state index in [0.29, 0.717) is 11.3 Å². The third kappa shape index (κ3) is 3.64. The molecule has 116 valence electrons. The smallest absolute Gasteiger partial charge is 0.257 e. The number of hydrogen-bond donors (Lipinski definition) is 1. The van der Waals surface area contributed by atoms with E-state index in [1.807, 2.05) is 0 Å². The van der Waals surface area contributed by atoms with E-state index in [9.17, 15) is 17.6 Å². The first-order valence-corrected chi connectivity index (χ1v) is 8.52. The predicted molar refractivity (Wildman–Crippen MR) is 83.7 cm³/mol. The Morgan fingerprint density at radius 3 is 2.45 bits per heavy atom. The molecule has 0 heterocycles. The van der Waals surface area contributed by atoms with E-state index in [4.69, 9.17) is 11.6 Å². The number of carbonyl (C=O) groups excluding carboxylic acids is 1. The highest BCUT2D eigenvalue weighted by Gasteiger charge is 2.16. The Morgan fingerprint density at radius 2 is 1.86 bits per heavy atom. The summed E-state index contributed by atoms with van der Waals surface area (Å²) in [6.07, 6.45) is 1.04. The molecule has 7 heteroatoms. The van der Waals surface area contributed by atoms with Crippen molar-refractivity contribution in [2.75, 3.05) is 11.6 Å². The second-order valence-electron chi connectivity index (χ2n) is 4.83. The van der Waals surface area contributed by atoms with Crippen LogP contribution in [0.25, 0.3) is 0 Å². The number of halogens is 2. The summed E-state index contributed by atoms with van der Waals surface area (Å²) in [5.41, 5.74) is 0.810. The van der Waals surface area contributed by atoms with Crippen LogP contribution in [0.5, 0.6) is 0 Å². The van der Waals surface area contributed by atoms with Crippen LogP contribution < -0.4 is 5.32 Å². The van der Waals surface area contributed by atoms with Crippen LogP contribution in [0.4, 0.5) is 10.1 Å². The lowest BCUT2D eigenvalue weighted by molar-refractivity contribution is 0.102. The number of benzene rings is 2. The van der Waals surface area contributed by atoms with Crippen LogP contribution in [0.3, 0.4) is 0 Å². The monoisotopic (exact) mass is 341 g/mol. The van der Waals surface area contributed by atoms with Gasteiger partial charge in [-0.15, -0.1) is 0 Å². The predicted octanol–water partition coefficient (Wildman–Crippen LogP) is 3.44. The molecule has 0 fully saturated rings. The summed E-state index contributed by atoms with van der Waals surface area (Å²) in [6, 6.07) is 8.01.